The standard InChI is InChI=1S/C14H16FNO/c1-4-14(2,3)10-6-5-7-11(15)12(10)13-16-8-9-17-13/h5-9H,4H2,1-3H3. The normalized spacial score (nSPS) is 11.8. The van der Waals surface area contributed by atoms with Gasteiger partial charge < -0.3 is 4.42 Å². The Kier molecular flexibility index (Phi) is 3.01. The van der Waals surface area contributed by atoms with Crippen molar-refractivity contribution in [2.24, 2.45) is 0 Å². The lowest BCUT2D eigenvalue weighted by Crippen LogP contribution is -2.17. The highest BCUT2D eigenvalue weighted by atomic mass is 19.1. The lowest BCUT2D eigenvalue weighted by molar-refractivity contribution is 0.495. The van der Waals surface area contributed by atoms with Crippen molar-refractivity contribution in [2.75, 3.05) is 0 Å². The topological polar surface area (TPSA) is 26.0 Å². The molecule has 0 fully saturated rings. The second kappa shape index (κ2) is 4.32. The van der Waals surface area contributed by atoms with Gasteiger partial charge in [0, 0.05) is 0 Å². The van der Waals surface area contributed by atoms with E-state index in [1.807, 2.05) is 6.07 Å². The smallest absolute Gasteiger partial charge is 0.229 e. The Morgan fingerprint density at radius 1 is 1.35 bits per heavy atom. The van der Waals surface area contributed by atoms with E-state index in [4.69, 9.17) is 4.42 Å². The summed E-state index contributed by atoms with van der Waals surface area (Å²) in [5, 5.41) is 0. The Hall–Kier alpha value is -1.64. The summed E-state index contributed by atoms with van der Waals surface area (Å²) in [6.45, 7) is 6.27. The molecule has 0 aliphatic rings. The zero-order chi connectivity index (χ0) is 12.5. The molecule has 90 valence electrons. The van der Waals surface area contributed by atoms with Crippen LogP contribution in [0.5, 0.6) is 0 Å². The van der Waals surface area contributed by atoms with Crippen molar-refractivity contribution < 1.29 is 8.81 Å². The van der Waals surface area contributed by atoms with Crippen LogP contribution in [0.3, 0.4) is 0 Å². The average molecular weight is 233 g/mol. The number of halogens is 1. The van der Waals surface area contributed by atoms with Crippen LogP contribution in [-0.2, 0) is 5.41 Å². The van der Waals surface area contributed by atoms with E-state index in [2.05, 4.69) is 25.8 Å². The second-order valence-corrected chi connectivity index (χ2v) is 4.74. The zero-order valence-corrected chi connectivity index (χ0v) is 10.3. The van der Waals surface area contributed by atoms with Crippen LogP contribution in [0.2, 0.25) is 0 Å². The molecular weight excluding hydrogens is 217 g/mol. The van der Waals surface area contributed by atoms with Crippen LogP contribution >= 0.6 is 0 Å². The van der Waals surface area contributed by atoms with Gasteiger partial charge in [-0.15, -0.1) is 0 Å². The molecule has 1 aromatic heterocycles. The van der Waals surface area contributed by atoms with E-state index in [-0.39, 0.29) is 11.2 Å². The molecule has 0 saturated heterocycles. The van der Waals surface area contributed by atoms with Crippen LogP contribution in [0.1, 0.15) is 32.8 Å². The molecule has 0 spiro atoms. The summed E-state index contributed by atoms with van der Waals surface area (Å²) in [5.41, 5.74) is 1.30. The maximum Gasteiger partial charge on any atom is 0.229 e. The molecule has 2 aromatic rings. The summed E-state index contributed by atoms with van der Waals surface area (Å²) in [4.78, 5) is 4.05. The van der Waals surface area contributed by atoms with Crippen molar-refractivity contribution in [3.05, 3.63) is 42.0 Å². The second-order valence-electron chi connectivity index (χ2n) is 4.74. The van der Waals surface area contributed by atoms with Gasteiger partial charge in [-0.05, 0) is 23.5 Å². The molecule has 0 N–H and O–H groups in total. The fraction of sp³-hybridized carbons (Fsp3) is 0.357. The van der Waals surface area contributed by atoms with Gasteiger partial charge in [0.15, 0.2) is 0 Å². The van der Waals surface area contributed by atoms with E-state index >= 15 is 0 Å². The van der Waals surface area contributed by atoms with Gasteiger partial charge in [0.25, 0.3) is 0 Å². The first-order valence-electron chi connectivity index (χ1n) is 5.75. The number of hydrogen-bond donors (Lipinski definition) is 0. The van der Waals surface area contributed by atoms with Crippen molar-refractivity contribution in [1.29, 1.82) is 0 Å². The first-order chi connectivity index (χ1) is 8.06. The molecule has 0 unspecified atom stereocenters. The molecular formula is C14H16FNO. The van der Waals surface area contributed by atoms with Crippen LogP contribution in [0.15, 0.2) is 35.1 Å². The van der Waals surface area contributed by atoms with Crippen LogP contribution < -0.4 is 0 Å². The molecule has 3 heteroatoms. The summed E-state index contributed by atoms with van der Waals surface area (Å²) >= 11 is 0. The minimum atomic E-state index is -0.286. The average Bonchev–Trinajstić information content (AvgIpc) is 2.82. The molecule has 2 rings (SSSR count). The predicted molar refractivity (Wildman–Crippen MR) is 65.2 cm³/mol. The highest BCUT2D eigenvalue weighted by Gasteiger charge is 2.25. The molecule has 17 heavy (non-hydrogen) atoms. The van der Waals surface area contributed by atoms with Crippen molar-refractivity contribution in [1.82, 2.24) is 4.98 Å². The quantitative estimate of drug-likeness (QED) is 0.795. The van der Waals surface area contributed by atoms with Crippen LogP contribution in [0.4, 0.5) is 4.39 Å². The minimum absolute atomic E-state index is 0.105. The molecule has 1 heterocycles. The first-order valence-corrected chi connectivity index (χ1v) is 5.75. The molecule has 0 aliphatic heterocycles. The van der Waals surface area contributed by atoms with Gasteiger partial charge in [0.2, 0.25) is 5.89 Å². The monoisotopic (exact) mass is 233 g/mol. The first kappa shape index (κ1) is 11.8. The minimum Gasteiger partial charge on any atom is -0.444 e. The van der Waals surface area contributed by atoms with Gasteiger partial charge in [0.1, 0.15) is 12.1 Å². The van der Waals surface area contributed by atoms with Gasteiger partial charge in [0.05, 0.1) is 11.8 Å². The van der Waals surface area contributed by atoms with Gasteiger partial charge in [-0.1, -0.05) is 32.9 Å². The lowest BCUT2D eigenvalue weighted by Gasteiger charge is -2.25. The largest absolute Gasteiger partial charge is 0.444 e. The van der Waals surface area contributed by atoms with Gasteiger partial charge in [-0.25, -0.2) is 9.37 Å². The Morgan fingerprint density at radius 3 is 2.71 bits per heavy atom. The molecule has 0 atom stereocenters. The third kappa shape index (κ3) is 2.09. The van der Waals surface area contributed by atoms with E-state index in [0.717, 1.165) is 12.0 Å². The van der Waals surface area contributed by atoms with Crippen LogP contribution in [0, 0.1) is 5.82 Å². The van der Waals surface area contributed by atoms with Crippen LogP contribution in [0.25, 0.3) is 11.5 Å². The molecule has 0 saturated carbocycles. The summed E-state index contributed by atoms with van der Waals surface area (Å²) < 4.78 is 19.2. The maximum absolute atomic E-state index is 14.0. The number of aromatic nitrogens is 1. The van der Waals surface area contributed by atoms with E-state index in [9.17, 15) is 4.39 Å². The van der Waals surface area contributed by atoms with Crippen molar-refractivity contribution in [2.45, 2.75) is 32.6 Å². The number of nitrogens with zero attached hydrogens (tertiary/aromatic N) is 1. The summed E-state index contributed by atoms with van der Waals surface area (Å²) in [7, 11) is 0. The SMILES string of the molecule is CCC(C)(C)c1cccc(F)c1-c1ncco1. The summed E-state index contributed by atoms with van der Waals surface area (Å²) in [6.07, 6.45) is 3.92. The number of hydrogen-bond acceptors (Lipinski definition) is 2. The summed E-state index contributed by atoms with van der Waals surface area (Å²) in [5.74, 6) is 0.0612. The molecule has 2 nitrogen and oxygen atoms in total. The van der Waals surface area contributed by atoms with E-state index in [1.54, 1.807) is 6.07 Å². The lowest BCUT2D eigenvalue weighted by atomic mass is 9.79. The van der Waals surface area contributed by atoms with Crippen molar-refractivity contribution in [3.8, 4) is 11.5 Å². The van der Waals surface area contributed by atoms with Crippen molar-refractivity contribution >= 4 is 0 Å². The number of benzene rings is 1. The highest BCUT2D eigenvalue weighted by molar-refractivity contribution is 5.61. The Morgan fingerprint density at radius 2 is 2.12 bits per heavy atom. The third-order valence-electron chi connectivity index (χ3n) is 3.27. The molecule has 0 amide bonds. The number of oxazole rings is 1. The fourth-order valence-electron chi connectivity index (χ4n) is 1.84. The molecule has 0 aliphatic carbocycles. The Balaban J connectivity index is 2.65. The molecule has 0 bridgehead atoms. The predicted octanol–water partition coefficient (Wildman–Crippen LogP) is 4.17. The number of rotatable bonds is 3. The van der Waals surface area contributed by atoms with Crippen molar-refractivity contribution in [3.63, 3.8) is 0 Å². The maximum atomic E-state index is 14.0. The van der Waals surface area contributed by atoms with Crippen LogP contribution in [-0.4, -0.2) is 4.98 Å². The molecule has 1 aromatic carbocycles. The fourth-order valence-corrected chi connectivity index (χ4v) is 1.84. The van der Waals surface area contributed by atoms with Gasteiger partial charge in [-0.3, -0.25) is 0 Å². The van der Waals surface area contributed by atoms with E-state index < -0.39 is 0 Å². The van der Waals surface area contributed by atoms with E-state index in [1.165, 1.54) is 18.5 Å². The Bertz CT molecular complexity index is 503. The third-order valence-corrected chi connectivity index (χ3v) is 3.27. The highest BCUT2D eigenvalue weighted by Crippen LogP contribution is 2.36. The van der Waals surface area contributed by atoms with Gasteiger partial charge in [-0.2, -0.15) is 0 Å². The summed E-state index contributed by atoms with van der Waals surface area (Å²) in [6, 6.07) is 5.11. The van der Waals surface area contributed by atoms with Gasteiger partial charge >= 0.3 is 0 Å². The molecule has 0 radical (unpaired) electrons. The zero-order valence-electron chi connectivity index (χ0n) is 10.3. The van der Waals surface area contributed by atoms with E-state index in [0.29, 0.717) is 11.5 Å². The Labute approximate surface area is 100 Å².